The maximum absolute atomic E-state index is 11.9. The lowest BCUT2D eigenvalue weighted by Gasteiger charge is -2.06. The lowest BCUT2D eigenvalue weighted by molar-refractivity contribution is 0.580. The fraction of sp³-hybridized carbons (Fsp3) is 0.111. The van der Waals surface area contributed by atoms with E-state index in [1.54, 1.807) is 5.38 Å². The van der Waals surface area contributed by atoms with Gasteiger partial charge in [-0.05, 0) is 12.1 Å². The molecule has 2 heterocycles. The number of pyridine rings is 1. The average molecular weight is 306 g/mol. The van der Waals surface area contributed by atoms with Crippen molar-refractivity contribution < 1.29 is 8.42 Å². The minimum Gasteiger partial charge on any atom is -0.315 e. The number of H-pyrrole nitrogens is 1. The molecule has 0 spiro atoms. The van der Waals surface area contributed by atoms with Crippen LogP contribution in [-0.2, 0) is 16.6 Å². The summed E-state index contributed by atoms with van der Waals surface area (Å²) in [5.74, 6) is 0. The lowest BCUT2D eigenvalue weighted by Crippen LogP contribution is -2.24. The van der Waals surface area contributed by atoms with E-state index in [2.05, 4.69) is 14.7 Å². The molecule has 0 unspecified atom stereocenters. The van der Waals surface area contributed by atoms with Crippen LogP contribution >= 0.6 is 22.9 Å². The predicted molar refractivity (Wildman–Crippen MR) is 68.2 cm³/mol. The first-order valence-electron chi connectivity index (χ1n) is 4.76. The summed E-state index contributed by atoms with van der Waals surface area (Å²) in [5, 5.41) is 1.46. The van der Waals surface area contributed by atoms with E-state index in [1.165, 1.54) is 18.3 Å². The maximum Gasteiger partial charge on any atom is 0.304 e. The highest BCUT2D eigenvalue weighted by Gasteiger charge is 2.18. The zero-order valence-corrected chi connectivity index (χ0v) is 11.3. The highest BCUT2D eigenvalue weighted by molar-refractivity contribution is 7.89. The van der Waals surface area contributed by atoms with Crippen molar-refractivity contribution >= 4 is 33.0 Å². The molecule has 0 aliphatic heterocycles. The van der Waals surface area contributed by atoms with Crippen LogP contribution in [-0.4, -0.2) is 18.4 Å². The molecule has 2 aromatic rings. The molecule has 18 heavy (non-hydrogen) atoms. The number of rotatable bonds is 4. The first-order chi connectivity index (χ1) is 8.49. The smallest absolute Gasteiger partial charge is 0.304 e. The minimum atomic E-state index is -3.74. The van der Waals surface area contributed by atoms with Gasteiger partial charge in [0.1, 0.15) is 10.0 Å². The third-order valence-corrected chi connectivity index (χ3v) is 4.60. The molecule has 2 rings (SSSR count). The van der Waals surface area contributed by atoms with Crippen molar-refractivity contribution in [1.82, 2.24) is 14.7 Å². The number of halogens is 1. The van der Waals surface area contributed by atoms with Gasteiger partial charge >= 0.3 is 4.87 Å². The van der Waals surface area contributed by atoms with Crippen LogP contribution in [0.2, 0.25) is 5.15 Å². The Hall–Kier alpha value is -1.22. The Balaban J connectivity index is 2.18. The van der Waals surface area contributed by atoms with Gasteiger partial charge in [-0.1, -0.05) is 22.9 Å². The van der Waals surface area contributed by atoms with E-state index >= 15 is 0 Å². The van der Waals surface area contributed by atoms with Crippen molar-refractivity contribution in [3.63, 3.8) is 0 Å². The summed E-state index contributed by atoms with van der Waals surface area (Å²) in [5.41, 5.74) is 0.494. The van der Waals surface area contributed by atoms with Crippen LogP contribution in [0.1, 0.15) is 5.69 Å². The number of thiazole rings is 1. The van der Waals surface area contributed by atoms with Crippen molar-refractivity contribution in [1.29, 1.82) is 0 Å². The molecule has 0 atom stereocenters. The zero-order chi connectivity index (χ0) is 13.2. The quantitative estimate of drug-likeness (QED) is 0.823. The fourth-order valence-corrected chi connectivity index (χ4v) is 3.26. The molecule has 2 N–H and O–H groups in total. The fourth-order valence-electron chi connectivity index (χ4n) is 1.22. The van der Waals surface area contributed by atoms with Crippen LogP contribution < -0.4 is 9.60 Å². The number of nitrogens with one attached hydrogen (secondary N) is 2. The standard InChI is InChI=1S/C9H8ClN3O3S2/c10-8-7(2-1-3-11-8)18(15,16)12-4-6-5-17-9(14)13-6/h1-3,5,12H,4H2,(H,13,14). The molecular weight excluding hydrogens is 298 g/mol. The zero-order valence-electron chi connectivity index (χ0n) is 8.88. The van der Waals surface area contributed by atoms with Gasteiger partial charge in [-0.25, -0.2) is 18.1 Å². The molecule has 0 saturated heterocycles. The van der Waals surface area contributed by atoms with E-state index in [0.29, 0.717) is 5.69 Å². The van der Waals surface area contributed by atoms with Crippen molar-refractivity contribution in [2.24, 2.45) is 0 Å². The first-order valence-corrected chi connectivity index (χ1v) is 7.50. The number of hydrogen-bond acceptors (Lipinski definition) is 5. The molecule has 0 bridgehead atoms. The second-order valence-electron chi connectivity index (χ2n) is 3.29. The van der Waals surface area contributed by atoms with Crippen molar-refractivity contribution in [3.8, 4) is 0 Å². The number of aromatic amines is 1. The minimum absolute atomic E-state index is 0.00764. The van der Waals surface area contributed by atoms with Gasteiger partial charge in [0.15, 0.2) is 0 Å². The van der Waals surface area contributed by atoms with Gasteiger partial charge in [0.05, 0.1) is 6.54 Å². The monoisotopic (exact) mass is 305 g/mol. The normalized spacial score (nSPS) is 11.6. The van der Waals surface area contributed by atoms with Crippen LogP contribution in [0.5, 0.6) is 0 Å². The highest BCUT2D eigenvalue weighted by Crippen LogP contribution is 2.17. The third-order valence-electron chi connectivity index (χ3n) is 2.04. The molecule has 0 saturated carbocycles. The van der Waals surface area contributed by atoms with E-state index in [4.69, 9.17) is 11.6 Å². The molecule has 2 aromatic heterocycles. The summed E-state index contributed by atoms with van der Waals surface area (Å²) in [6.45, 7) is -0.00764. The summed E-state index contributed by atoms with van der Waals surface area (Å²) in [7, 11) is -3.74. The Morgan fingerprint density at radius 1 is 1.50 bits per heavy atom. The number of hydrogen-bond donors (Lipinski definition) is 2. The van der Waals surface area contributed by atoms with Gasteiger partial charge in [-0.3, -0.25) is 4.79 Å². The molecular formula is C9H8ClN3O3S2. The van der Waals surface area contributed by atoms with Crippen LogP contribution in [0.15, 0.2) is 33.4 Å². The van der Waals surface area contributed by atoms with Crippen molar-refractivity contribution in [3.05, 3.63) is 44.2 Å². The van der Waals surface area contributed by atoms with Gasteiger partial charge in [-0.2, -0.15) is 0 Å². The third kappa shape index (κ3) is 2.96. The summed E-state index contributed by atoms with van der Waals surface area (Å²) in [6.07, 6.45) is 1.40. The van der Waals surface area contributed by atoms with E-state index < -0.39 is 10.0 Å². The molecule has 0 aliphatic rings. The molecule has 0 aliphatic carbocycles. The van der Waals surface area contributed by atoms with Crippen LogP contribution in [0.25, 0.3) is 0 Å². The van der Waals surface area contributed by atoms with Gasteiger partial charge < -0.3 is 4.98 Å². The SMILES string of the molecule is O=c1[nH]c(CNS(=O)(=O)c2cccnc2Cl)cs1. The summed E-state index contributed by atoms with van der Waals surface area (Å²) >= 11 is 6.68. The second-order valence-corrected chi connectivity index (χ2v) is 6.23. The van der Waals surface area contributed by atoms with E-state index in [1.807, 2.05) is 0 Å². The van der Waals surface area contributed by atoms with Crippen LogP contribution in [0.4, 0.5) is 0 Å². The molecule has 96 valence electrons. The highest BCUT2D eigenvalue weighted by atomic mass is 35.5. The lowest BCUT2D eigenvalue weighted by atomic mass is 10.5. The van der Waals surface area contributed by atoms with Crippen LogP contribution in [0, 0.1) is 0 Å². The predicted octanol–water partition coefficient (Wildman–Crippen LogP) is 0.963. The maximum atomic E-state index is 11.9. The summed E-state index contributed by atoms with van der Waals surface area (Å²) in [6, 6.07) is 2.83. The van der Waals surface area contributed by atoms with Gasteiger partial charge in [0.2, 0.25) is 10.0 Å². The molecule has 0 amide bonds. The molecule has 0 radical (unpaired) electrons. The second kappa shape index (κ2) is 5.19. The van der Waals surface area contributed by atoms with E-state index in [0.717, 1.165) is 11.3 Å². The van der Waals surface area contributed by atoms with E-state index in [9.17, 15) is 13.2 Å². The van der Waals surface area contributed by atoms with Crippen LogP contribution in [0.3, 0.4) is 0 Å². The Kier molecular flexibility index (Phi) is 3.81. The Morgan fingerprint density at radius 2 is 2.28 bits per heavy atom. The Bertz CT molecular complexity index is 708. The van der Waals surface area contributed by atoms with Crippen molar-refractivity contribution in [2.45, 2.75) is 11.4 Å². The number of aromatic nitrogens is 2. The number of nitrogens with zero attached hydrogens (tertiary/aromatic N) is 1. The molecule has 9 heteroatoms. The topological polar surface area (TPSA) is 91.9 Å². The van der Waals surface area contributed by atoms with Gasteiger partial charge in [0.25, 0.3) is 0 Å². The van der Waals surface area contributed by atoms with Gasteiger partial charge in [-0.15, -0.1) is 0 Å². The first kappa shape index (κ1) is 13.2. The molecule has 0 fully saturated rings. The Labute approximate surface area is 112 Å². The Morgan fingerprint density at radius 3 is 2.89 bits per heavy atom. The molecule has 6 nitrogen and oxygen atoms in total. The largest absolute Gasteiger partial charge is 0.315 e. The number of sulfonamides is 1. The summed E-state index contributed by atoms with van der Waals surface area (Å²) in [4.78, 5) is 16.8. The average Bonchev–Trinajstić information content (AvgIpc) is 2.73. The van der Waals surface area contributed by atoms with Gasteiger partial charge in [0, 0.05) is 17.3 Å². The van der Waals surface area contributed by atoms with Crippen molar-refractivity contribution in [2.75, 3.05) is 0 Å². The summed E-state index contributed by atoms with van der Waals surface area (Å²) < 4.78 is 26.1. The molecule has 0 aromatic carbocycles. The van der Waals surface area contributed by atoms with E-state index in [-0.39, 0.29) is 21.5 Å².